The van der Waals surface area contributed by atoms with E-state index in [4.69, 9.17) is 4.74 Å². The van der Waals surface area contributed by atoms with Crippen molar-refractivity contribution in [3.8, 4) is 11.8 Å². The first-order chi connectivity index (χ1) is 14.5. The molecule has 162 valence electrons. The van der Waals surface area contributed by atoms with E-state index < -0.39 is 0 Å². The minimum Gasteiger partial charge on any atom is -0.492 e. The Labute approximate surface area is 183 Å². The smallest absolute Gasteiger partial charge is 0.126 e. The van der Waals surface area contributed by atoms with E-state index in [-0.39, 0.29) is 11.2 Å². The third-order valence-corrected chi connectivity index (χ3v) is 6.89. The Morgan fingerprint density at radius 1 is 1.17 bits per heavy atom. The molecule has 1 fully saturated rings. The lowest BCUT2D eigenvalue weighted by atomic mass is 9.71. The second kappa shape index (κ2) is 10.9. The van der Waals surface area contributed by atoms with Crippen LogP contribution in [-0.2, 0) is 5.41 Å². The fourth-order valence-corrected chi connectivity index (χ4v) is 4.94. The van der Waals surface area contributed by atoms with Gasteiger partial charge in [-0.25, -0.2) is 4.39 Å². The molecule has 0 aliphatic carbocycles. The molecule has 30 heavy (non-hydrogen) atoms. The SMILES string of the molecule is CC(C)C(C#N)(CCCN1CCN(CCOc2cccc(F)c2)CC1)c1ccsc1. The molecule has 2 heterocycles. The number of hydrogen-bond acceptors (Lipinski definition) is 5. The van der Waals surface area contributed by atoms with Crippen molar-refractivity contribution in [2.75, 3.05) is 45.9 Å². The molecule has 1 aromatic carbocycles. The van der Waals surface area contributed by atoms with Crippen molar-refractivity contribution in [3.63, 3.8) is 0 Å². The molecular formula is C24H32FN3OS. The van der Waals surface area contributed by atoms with E-state index in [0.29, 0.717) is 18.3 Å². The zero-order valence-electron chi connectivity index (χ0n) is 18.0. The molecule has 0 N–H and O–H groups in total. The summed E-state index contributed by atoms with van der Waals surface area (Å²) in [4.78, 5) is 4.90. The molecule has 1 aliphatic rings. The zero-order chi connectivity index (χ0) is 21.4. The van der Waals surface area contributed by atoms with E-state index in [1.165, 1.54) is 17.7 Å². The fourth-order valence-electron chi connectivity index (χ4n) is 4.20. The van der Waals surface area contributed by atoms with Crippen LogP contribution in [0.2, 0.25) is 0 Å². The molecule has 1 aliphatic heterocycles. The molecule has 4 nitrogen and oxygen atoms in total. The van der Waals surface area contributed by atoms with Crippen LogP contribution >= 0.6 is 11.3 Å². The Morgan fingerprint density at radius 3 is 2.50 bits per heavy atom. The fraction of sp³-hybridized carbons (Fsp3) is 0.542. The number of benzene rings is 1. The van der Waals surface area contributed by atoms with Gasteiger partial charge in [-0.2, -0.15) is 16.6 Å². The van der Waals surface area contributed by atoms with E-state index >= 15 is 0 Å². The summed E-state index contributed by atoms with van der Waals surface area (Å²) < 4.78 is 18.9. The standard InChI is InChI=1S/C24H32FN3OS/c1-20(2)24(19-26,21-7-16-30-18-21)8-4-9-27-10-12-28(13-11-27)14-15-29-23-6-3-5-22(25)17-23/h3,5-7,16-18,20H,4,8-15H2,1-2H3. The Bertz CT molecular complexity index is 812. The molecule has 0 spiro atoms. The Kier molecular flexibility index (Phi) is 8.26. The number of nitriles is 1. The van der Waals surface area contributed by atoms with E-state index in [1.54, 1.807) is 23.5 Å². The molecule has 0 amide bonds. The number of thiophene rings is 1. The summed E-state index contributed by atoms with van der Waals surface area (Å²) in [6.07, 6.45) is 1.93. The molecule has 1 atom stereocenters. The molecule has 0 saturated carbocycles. The summed E-state index contributed by atoms with van der Waals surface area (Å²) in [5.41, 5.74) is 0.795. The van der Waals surface area contributed by atoms with Gasteiger partial charge < -0.3 is 9.64 Å². The highest BCUT2D eigenvalue weighted by atomic mass is 32.1. The van der Waals surface area contributed by atoms with Crippen molar-refractivity contribution in [2.24, 2.45) is 5.92 Å². The van der Waals surface area contributed by atoms with Crippen LogP contribution in [0.4, 0.5) is 4.39 Å². The second-order valence-electron chi connectivity index (χ2n) is 8.34. The van der Waals surface area contributed by atoms with Crippen LogP contribution in [-0.4, -0.2) is 55.7 Å². The van der Waals surface area contributed by atoms with Gasteiger partial charge in [-0.1, -0.05) is 19.9 Å². The maximum Gasteiger partial charge on any atom is 0.126 e. The average molecular weight is 430 g/mol. The third-order valence-electron chi connectivity index (χ3n) is 6.20. The minimum atomic E-state index is -0.379. The lowest BCUT2D eigenvalue weighted by Crippen LogP contribution is -2.47. The first-order valence-corrected chi connectivity index (χ1v) is 11.7. The van der Waals surface area contributed by atoms with E-state index in [1.807, 2.05) is 0 Å². The van der Waals surface area contributed by atoms with Crippen LogP contribution in [0.3, 0.4) is 0 Å². The monoisotopic (exact) mass is 429 g/mol. The van der Waals surface area contributed by atoms with Gasteiger partial charge in [0.25, 0.3) is 0 Å². The Balaban J connectivity index is 1.38. The second-order valence-corrected chi connectivity index (χ2v) is 9.12. The molecule has 6 heteroatoms. The maximum atomic E-state index is 13.2. The van der Waals surface area contributed by atoms with Crippen LogP contribution in [0.1, 0.15) is 32.3 Å². The highest BCUT2D eigenvalue weighted by molar-refractivity contribution is 7.08. The number of hydrogen-bond donors (Lipinski definition) is 0. The first kappa shape index (κ1) is 22.7. The van der Waals surface area contributed by atoms with Crippen molar-refractivity contribution >= 4 is 11.3 Å². The van der Waals surface area contributed by atoms with Gasteiger partial charge in [-0.3, -0.25) is 4.90 Å². The van der Waals surface area contributed by atoms with Gasteiger partial charge in [0.05, 0.1) is 11.5 Å². The van der Waals surface area contributed by atoms with Gasteiger partial charge in [0, 0.05) is 38.8 Å². The molecule has 0 bridgehead atoms. The summed E-state index contributed by atoms with van der Waals surface area (Å²) in [5.74, 6) is 0.621. The van der Waals surface area contributed by atoms with E-state index in [9.17, 15) is 9.65 Å². The van der Waals surface area contributed by atoms with Crippen LogP contribution < -0.4 is 4.74 Å². The molecule has 1 unspecified atom stereocenters. The highest BCUT2D eigenvalue weighted by Gasteiger charge is 2.36. The highest BCUT2D eigenvalue weighted by Crippen LogP contribution is 2.37. The summed E-state index contributed by atoms with van der Waals surface area (Å²) in [7, 11) is 0. The topological polar surface area (TPSA) is 39.5 Å². The van der Waals surface area contributed by atoms with Gasteiger partial charge in [0.15, 0.2) is 0 Å². The van der Waals surface area contributed by atoms with Crippen molar-refractivity contribution in [1.82, 2.24) is 9.80 Å². The maximum absolute atomic E-state index is 13.2. The summed E-state index contributed by atoms with van der Waals surface area (Å²) in [5, 5.41) is 14.2. The van der Waals surface area contributed by atoms with Crippen molar-refractivity contribution in [3.05, 3.63) is 52.5 Å². The Morgan fingerprint density at radius 2 is 1.90 bits per heavy atom. The molecule has 1 aromatic heterocycles. The zero-order valence-corrected chi connectivity index (χ0v) is 18.8. The largest absolute Gasteiger partial charge is 0.492 e. The molecule has 1 saturated heterocycles. The number of nitrogens with zero attached hydrogens (tertiary/aromatic N) is 3. The third kappa shape index (κ3) is 5.81. The van der Waals surface area contributed by atoms with Crippen molar-refractivity contribution in [2.45, 2.75) is 32.1 Å². The number of rotatable bonds is 10. The number of ether oxygens (including phenoxy) is 1. The van der Waals surface area contributed by atoms with Crippen LogP contribution in [0, 0.1) is 23.1 Å². The summed E-state index contributed by atoms with van der Waals surface area (Å²) in [6, 6.07) is 11.1. The first-order valence-electron chi connectivity index (χ1n) is 10.8. The molecule has 0 radical (unpaired) electrons. The van der Waals surface area contributed by atoms with Crippen molar-refractivity contribution in [1.29, 1.82) is 5.26 Å². The number of piperazine rings is 1. The molecule has 3 rings (SSSR count). The Hall–Kier alpha value is -1.94. The van der Waals surface area contributed by atoms with Crippen LogP contribution in [0.15, 0.2) is 41.1 Å². The lowest BCUT2D eigenvalue weighted by Gasteiger charge is -2.36. The predicted molar refractivity (Wildman–Crippen MR) is 120 cm³/mol. The lowest BCUT2D eigenvalue weighted by molar-refractivity contribution is 0.114. The average Bonchev–Trinajstić information content (AvgIpc) is 3.27. The van der Waals surface area contributed by atoms with Crippen LogP contribution in [0.25, 0.3) is 0 Å². The van der Waals surface area contributed by atoms with E-state index in [2.05, 4.69) is 46.5 Å². The number of halogens is 1. The van der Waals surface area contributed by atoms with Crippen molar-refractivity contribution < 1.29 is 9.13 Å². The summed E-state index contributed by atoms with van der Waals surface area (Å²) in [6.45, 7) is 10.9. The minimum absolute atomic E-state index is 0.266. The van der Waals surface area contributed by atoms with Gasteiger partial charge in [0.2, 0.25) is 0 Å². The van der Waals surface area contributed by atoms with E-state index in [0.717, 1.165) is 52.1 Å². The molecular weight excluding hydrogens is 397 g/mol. The van der Waals surface area contributed by atoms with Gasteiger partial charge in [0.1, 0.15) is 18.2 Å². The summed E-state index contributed by atoms with van der Waals surface area (Å²) >= 11 is 1.67. The predicted octanol–water partition coefficient (Wildman–Crippen LogP) is 4.78. The van der Waals surface area contributed by atoms with Gasteiger partial charge in [-0.05, 0) is 59.8 Å². The van der Waals surface area contributed by atoms with Crippen LogP contribution in [0.5, 0.6) is 5.75 Å². The normalized spacial score (nSPS) is 17.6. The molecule has 2 aromatic rings. The quantitative estimate of drug-likeness (QED) is 0.545. The van der Waals surface area contributed by atoms with Gasteiger partial charge >= 0.3 is 0 Å². The van der Waals surface area contributed by atoms with Gasteiger partial charge in [-0.15, -0.1) is 0 Å².